The number of H-pyrrole nitrogens is 1. The van der Waals surface area contributed by atoms with Gasteiger partial charge in [0.05, 0.1) is 16.8 Å². The van der Waals surface area contributed by atoms with Crippen LogP contribution in [0.1, 0.15) is 9.67 Å². The number of nitrogens with zero attached hydrogens (tertiary/aromatic N) is 1. The second kappa shape index (κ2) is 4.60. The zero-order chi connectivity index (χ0) is 13.4. The molecule has 3 aromatic rings. The van der Waals surface area contributed by atoms with Crippen molar-refractivity contribution >= 4 is 38.7 Å². The molecule has 0 aromatic carbocycles. The molecule has 0 amide bonds. The number of Topliss-reactive ketones (excluding diaryl/α,β-unsaturated/α-hetero) is 1. The Kier molecular flexibility index (Phi) is 2.92. The van der Waals surface area contributed by atoms with Crippen LogP contribution in [0, 0.1) is 0 Å². The van der Waals surface area contributed by atoms with Crippen molar-refractivity contribution in [1.29, 1.82) is 0 Å². The third kappa shape index (κ3) is 2.06. The number of rotatable bonds is 3. The van der Waals surface area contributed by atoms with Crippen molar-refractivity contribution in [2.24, 2.45) is 0 Å². The number of thiophene rings is 2. The lowest BCUT2D eigenvalue weighted by molar-refractivity contribution is 0.0976. The summed E-state index contributed by atoms with van der Waals surface area (Å²) in [5, 5.41) is 3.97. The highest BCUT2D eigenvalue weighted by atomic mass is 32.1. The monoisotopic (exact) mass is 292 g/mol. The molecule has 0 unspecified atom stereocenters. The van der Waals surface area contributed by atoms with Gasteiger partial charge in [0.15, 0.2) is 5.78 Å². The second-order valence-corrected chi connectivity index (χ2v) is 5.73. The Morgan fingerprint density at radius 2 is 2.05 bits per heavy atom. The smallest absolute Gasteiger partial charge is 0.291 e. The van der Waals surface area contributed by atoms with Crippen LogP contribution in [-0.4, -0.2) is 15.3 Å². The zero-order valence-electron chi connectivity index (χ0n) is 9.58. The number of hydrogen-bond donors (Lipinski definition) is 1. The number of fused-ring (bicyclic) bond motifs is 1. The summed E-state index contributed by atoms with van der Waals surface area (Å²) in [4.78, 5) is 38.8. The van der Waals surface area contributed by atoms with Gasteiger partial charge in [0, 0.05) is 0 Å². The summed E-state index contributed by atoms with van der Waals surface area (Å²) in [5.74, 6) is -0.140. The van der Waals surface area contributed by atoms with Gasteiger partial charge in [-0.3, -0.25) is 19.1 Å². The summed E-state index contributed by atoms with van der Waals surface area (Å²) in [6.07, 6.45) is 0. The van der Waals surface area contributed by atoms with Gasteiger partial charge in [0.2, 0.25) is 0 Å². The summed E-state index contributed by atoms with van der Waals surface area (Å²) in [6.45, 7) is -0.0624. The molecule has 0 bridgehead atoms. The molecule has 0 saturated carbocycles. The fraction of sp³-hybridized carbons (Fsp3) is 0.0833. The molecule has 0 aliphatic carbocycles. The SMILES string of the molecule is O=C(Cn1c(=O)[nH]c(=O)c2ccsc21)c1cccs1. The lowest BCUT2D eigenvalue weighted by Gasteiger charge is -2.04. The molecule has 3 rings (SSSR count). The summed E-state index contributed by atoms with van der Waals surface area (Å²) in [7, 11) is 0. The second-order valence-electron chi connectivity index (χ2n) is 3.89. The number of aromatic amines is 1. The van der Waals surface area contributed by atoms with Crippen molar-refractivity contribution < 1.29 is 4.79 Å². The molecule has 0 saturated heterocycles. The fourth-order valence-electron chi connectivity index (χ4n) is 1.81. The molecule has 3 heterocycles. The minimum absolute atomic E-state index is 0.0624. The van der Waals surface area contributed by atoms with Gasteiger partial charge >= 0.3 is 5.69 Å². The number of ketones is 1. The van der Waals surface area contributed by atoms with E-state index in [9.17, 15) is 14.4 Å². The Hall–Kier alpha value is -1.99. The van der Waals surface area contributed by atoms with E-state index in [0.717, 1.165) is 0 Å². The molecule has 1 N–H and O–H groups in total. The lowest BCUT2D eigenvalue weighted by Crippen LogP contribution is -2.31. The molecular formula is C12H8N2O3S2. The lowest BCUT2D eigenvalue weighted by atomic mass is 10.3. The maximum absolute atomic E-state index is 12.0. The number of aromatic nitrogens is 2. The van der Waals surface area contributed by atoms with Crippen LogP contribution in [0.4, 0.5) is 0 Å². The first-order chi connectivity index (χ1) is 9.16. The van der Waals surface area contributed by atoms with E-state index in [4.69, 9.17) is 0 Å². The number of hydrogen-bond acceptors (Lipinski definition) is 5. The zero-order valence-corrected chi connectivity index (χ0v) is 11.2. The average Bonchev–Trinajstić information content (AvgIpc) is 3.04. The first-order valence-corrected chi connectivity index (χ1v) is 7.20. The number of carbonyl (C=O) groups excluding carboxylic acids is 1. The van der Waals surface area contributed by atoms with E-state index >= 15 is 0 Å². The molecular weight excluding hydrogens is 284 g/mol. The van der Waals surface area contributed by atoms with Crippen LogP contribution in [-0.2, 0) is 6.54 Å². The molecule has 0 radical (unpaired) electrons. The Labute approximate surface area is 114 Å². The quantitative estimate of drug-likeness (QED) is 0.747. The van der Waals surface area contributed by atoms with Gasteiger partial charge in [-0.2, -0.15) is 0 Å². The van der Waals surface area contributed by atoms with Gasteiger partial charge in [-0.15, -0.1) is 22.7 Å². The van der Waals surface area contributed by atoms with Crippen LogP contribution in [0.15, 0.2) is 38.5 Å². The van der Waals surface area contributed by atoms with E-state index in [1.165, 1.54) is 27.2 Å². The van der Waals surface area contributed by atoms with Crippen LogP contribution in [0.2, 0.25) is 0 Å². The highest BCUT2D eigenvalue weighted by molar-refractivity contribution is 7.16. The molecule has 5 nitrogen and oxygen atoms in total. The van der Waals surface area contributed by atoms with E-state index in [0.29, 0.717) is 15.1 Å². The Bertz CT molecular complexity index is 855. The summed E-state index contributed by atoms with van der Waals surface area (Å²) in [6, 6.07) is 5.15. The highest BCUT2D eigenvalue weighted by Crippen LogP contribution is 2.16. The average molecular weight is 292 g/mol. The van der Waals surface area contributed by atoms with Crippen LogP contribution in [0.3, 0.4) is 0 Å². The molecule has 0 fully saturated rings. The highest BCUT2D eigenvalue weighted by Gasteiger charge is 2.13. The Balaban J connectivity index is 2.11. The first-order valence-electron chi connectivity index (χ1n) is 5.44. The minimum atomic E-state index is -0.551. The van der Waals surface area contributed by atoms with Crippen molar-refractivity contribution in [3.8, 4) is 0 Å². The minimum Gasteiger partial charge on any atom is -0.291 e. The van der Waals surface area contributed by atoms with Gasteiger partial charge < -0.3 is 0 Å². The molecule has 0 atom stereocenters. The third-order valence-electron chi connectivity index (χ3n) is 2.70. The van der Waals surface area contributed by atoms with Crippen molar-refractivity contribution in [3.05, 3.63) is 54.7 Å². The van der Waals surface area contributed by atoms with Crippen LogP contribution in [0.25, 0.3) is 10.2 Å². The van der Waals surface area contributed by atoms with Gasteiger partial charge in [0.1, 0.15) is 4.83 Å². The maximum atomic E-state index is 12.0. The van der Waals surface area contributed by atoms with E-state index in [2.05, 4.69) is 4.98 Å². The van der Waals surface area contributed by atoms with Crippen LogP contribution < -0.4 is 11.2 Å². The number of nitrogens with one attached hydrogen (secondary N) is 1. The van der Waals surface area contributed by atoms with Gasteiger partial charge in [-0.05, 0) is 22.9 Å². The Morgan fingerprint density at radius 3 is 2.79 bits per heavy atom. The van der Waals surface area contributed by atoms with Gasteiger partial charge in [-0.25, -0.2) is 4.79 Å². The number of carbonyl (C=O) groups is 1. The van der Waals surface area contributed by atoms with E-state index in [-0.39, 0.29) is 12.3 Å². The molecule has 0 aliphatic heterocycles. The van der Waals surface area contributed by atoms with Crippen molar-refractivity contribution in [2.75, 3.05) is 0 Å². The molecule has 0 spiro atoms. The van der Waals surface area contributed by atoms with E-state index < -0.39 is 11.2 Å². The first kappa shape index (κ1) is 12.1. The molecule has 7 heteroatoms. The molecule has 3 aromatic heterocycles. The predicted molar refractivity (Wildman–Crippen MR) is 75.4 cm³/mol. The summed E-state index contributed by atoms with van der Waals surface area (Å²) >= 11 is 2.61. The van der Waals surface area contributed by atoms with Crippen LogP contribution in [0.5, 0.6) is 0 Å². The van der Waals surface area contributed by atoms with Crippen LogP contribution >= 0.6 is 22.7 Å². The van der Waals surface area contributed by atoms with Gasteiger partial charge in [0.25, 0.3) is 5.56 Å². The summed E-state index contributed by atoms with van der Waals surface area (Å²) in [5.41, 5.74) is -0.967. The molecule has 96 valence electrons. The molecule has 0 aliphatic rings. The predicted octanol–water partition coefficient (Wildman–Crippen LogP) is 1.70. The standard InChI is InChI=1S/C12H8N2O3S2/c15-8(9-2-1-4-18-9)6-14-11-7(3-5-19-11)10(16)13-12(14)17/h1-5H,6H2,(H,13,16,17). The van der Waals surface area contributed by atoms with Crippen molar-refractivity contribution in [2.45, 2.75) is 6.54 Å². The van der Waals surface area contributed by atoms with Crippen molar-refractivity contribution in [3.63, 3.8) is 0 Å². The summed E-state index contributed by atoms with van der Waals surface area (Å²) < 4.78 is 1.31. The Morgan fingerprint density at radius 1 is 1.21 bits per heavy atom. The maximum Gasteiger partial charge on any atom is 0.329 e. The van der Waals surface area contributed by atoms with E-state index in [1.54, 1.807) is 23.6 Å². The third-order valence-corrected chi connectivity index (χ3v) is 4.54. The molecule has 19 heavy (non-hydrogen) atoms. The fourth-order valence-corrected chi connectivity index (χ4v) is 3.36. The normalized spacial score (nSPS) is 10.9. The largest absolute Gasteiger partial charge is 0.329 e. The van der Waals surface area contributed by atoms with Gasteiger partial charge in [-0.1, -0.05) is 6.07 Å². The van der Waals surface area contributed by atoms with E-state index in [1.807, 2.05) is 5.38 Å². The topological polar surface area (TPSA) is 71.9 Å². The van der Waals surface area contributed by atoms with Crippen molar-refractivity contribution in [1.82, 2.24) is 9.55 Å².